The lowest BCUT2D eigenvalue weighted by atomic mass is 9.67. The minimum Gasteiger partial charge on any atom is -0.476 e. The first-order valence-corrected chi connectivity index (χ1v) is 14.8. The Bertz CT molecular complexity index is 1220. The van der Waals surface area contributed by atoms with E-state index in [0.29, 0.717) is 62.6 Å². The molecule has 3 heterocycles. The van der Waals surface area contributed by atoms with Crippen molar-refractivity contribution in [2.45, 2.75) is 75.6 Å². The van der Waals surface area contributed by atoms with E-state index in [-0.39, 0.29) is 37.3 Å². The quantitative estimate of drug-likeness (QED) is 0.328. The van der Waals surface area contributed by atoms with Crippen LogP contribution in [0.25, 0.3) is 11.3 Å². The van der Waals surface area contributed by atoms with Gasteiger partial charge in [0, 0.05) is 17.7 Å². The van der Waals surface area contributed by atoms with E-state index in [9.17, 15) is 27.5 Å². The highest BCUT2D eigenvalue weighted by Gasteiger charge is 2.58. The molecular formula is C30H39F4N5O3. The summed E-state index contributed by atoms with van der Waals surface area (Å²) in [6.45, 7) is 2.41. The van der Waals surface area contributed by atoms with Crippen LogP contribution >= 0.6 is 0 Å². The van der Waals surface area contributed by atoms with Crippen LogP contribution in [0.3, 0.4) is 0 Å². The SMILES string of the molecule is NC(=O)C1(CCC(O)c2ccc(-c3cnc(OCC4CCN(CC5(C(F)(F)F)CCC5)CC4)cn3)cc2F)CCCN1. The fourth-order valence-electron chi connectivity index (χ4n) is 6.47. The van der Waals surface area contributed by atoms with Gasteiger partial charge in [0.15, 0.2) is 0 Å². The minimum atomic E-state index is -4.14. The summed E-state index contributed by atoms with van der Waals surface area (Å²) in [5.41, 5.74) is 4.25. The molecule has 1 amide bonds. The Kier molecular flexibility index (Phi) is 9.05. The summed E-state index contributed by atoms with van der Waals surface area (Å²) in [5.74, 6) is -0.496. The maximum atomic E-state index is 14.9. The van der Waals surface area contributed by atoms with Crippen LogP contribution in [0.1, 0.15) is 69.5 Å². The number of rotatable bonds is 11. The number of ether oxygens (including phenoxy) is 1. The highest BCUT2D eigenvalue weighted by molar-refractivity contribution is 5.85. The molecule has 0 bridgehead atoms. The molecule has 2 aliphatic heterocycles. The minimum absolute atomic E-state index is 0.0883. The summed E-state index contributed by atoms with van der Waals surface area (Å²) >= 11 is 0. The standard InChI is InChI=1S/C30H39F4N5O3/c31-23-15-21(3-4-22(23)25(40)5-11-29(27(35)41)10-2-12-38-29)24-16-37-26(17-36-24)42-18-20-6-13-39(14-7-20)19-28(8-1-9-28)30(32,33)34/h3-4,15-17,20,25,38,40H,1-2,5-14,18-19H2,(H2,35,41). The number of carbonyl (C=O) groups excluding carboxylic acids is 1. The van der Waals surface area contributed by atoms with Gasteiger partial charge in [0.05, 0.1) is 41.8 Å². The van der Waals surface area contributed by atoms with E-state index >= 15 is 0 Å². The number of primary amides is 1. The van der Waals surface area contributed by atoms with Gasteiger partial charge in [-0.1, -0.05) is 18.6 Å². The van der Waals surface area contributed by atoms with E-state index in [0.717, 1.165) is 19.3 Å². The normalized spacial score (nSPS) is 23.8. The van der Waals surface area contributed by atoms with Crippen molar-refractivity contribution in [1.29, 1.82) is 0 Å². The Hall–Kier alpha value is -2.83. The van der Waals surface area contributed by atoms with Gasteiger partial charge in [-0.25, -0.2) is 14.4 Å². The van der Waals surface area contributed by atoms with Crippen LogP contribution in [-0.2, 0) is 4.79 Å². The molecule has 4 N–H and O–H groups in total. The van der Waals surface area contributed by atoms with Crippen molar-refractivity contribution in [3.8, 4) is 17.1 Å². The van der Waals surface area contributed by atoms with Crippen LogP contribution in [0.2, 0.25) is 0 Å². The van der Waals surface area contributed by atoms with Crippen molar-refractivity contribution in [2.75, 3.05) is 32.8 Å². The zero-order valence-corrected chi connectivity index (χ0v) is 23.6. The number of nitrogens with zero attached hydrogens (tertiary/aromatic N) is 3. The molecule has 1 aliphatic carbocycles. The monoisotopic (exact) mass is 593 g/mol. The van der Waals surface area contributed by atoms with E-state index in [1.54, 1.807) is 6.07 Å². The fraction of sp³-hybridized carbons (Fsp3) is 0.633. The molecule has 230 valence electrons. The number of amides is 1. The van der Waals surface area contributed by atoms with Crippen molar-refractivity contribution in [3.63, 3.8) is 0 Å². The zero-order chi connectivity index (χ0) is 30.0. The smallest absolute Gasteiger partial charge is 0.395 e. The Morgan fingerprint density at radius 1 is 1.17 bits per heavy atom. The number of likely N-dealkylation sites (tertiary alicyclic amines) is 1. The number of halogens is 4. The van der Waals surface area contributed by atoms with Crippen LogP contribution in [0.4, 0.5) is 17.6 Å². The molecule has 2 saturated heterocycles. The number of aliphatic hydroxyl groups excluding tert-OH is 1. The van der Waals surface area contributed by atoms with Crippen LogP contribution in [0, 0.1) is 17.2 Å². The van der Waals surface area contributed by atoms with Gasteiger partial charge in [-0.3, -0.25) is 4.79 Å². The van der Waals surface area contributed by atoms with E-state index in [4.69, 9.17) is 10.5 Å². The lowest BCUT2D eigenvalue weighted by Crippen LogP contribution is -2.53. The number of piperidine rings is 1. The molecule has 2 atom stereocenters. The number of nitrogens with one attached hydrogen (secondary N) is 1. The molecule has 3 aliphatic rings. The van der Waals surface area contributed by atoms with Gasteiger partial charge in [-0.15, -0.1) is 0 Å². The Morgan fingerprint density at radius 2 is 1.93 bits per heavy atom. The Labute approximate surface area is 243 Å². The first-order chi connectivity index (χ1) is 20.0. The fourth-order valence-corrected chi connectivity index (χ4v) is 6.47. The van der Waals surface area contributed by atoms with Crippen molar-refractivity contribution in [2.24, 2.45) is 17.1 Å². The maximum absolute atomic E-state index is 14.9. The molecule has 8 nitrogen and oxygen atoms in total. The second kappa shape index (κ2) is 12.4. The lowest BCUT2D eigenvalue weighted by Gasteiger charge is -2.47. The third-order valence-corrected chi connectivity index (χ3v) is 9.46. The van der Waals surface area contributed by atoms with Crippen LogP contribution in [0.15, 0.2) is 30.6 Å². The van der Waals surface area contributed by atoms with E-state index in [2.05, 4.69) is 15.3 Å². The van der Waals surface area contributed by atoms with Crippen molar-refractivity contribution in [1.82, 2.24) is 20.2 Å². The molecule has 0 radical (unpaired) electrons. The number of carbonyl (C=O) groups is 1. The zero-order valence-electron chi connectivity index (χ0n) is 23.6. The summed E-state index contributed by atoms with van der Waals surface area (Å²) in [6, 6.07) is 4.46. The van der Waals surface area contributed by atoms with Gasteiger partial charge in [-0.05, 0) is 83.0 Å². The summed E-state index contributed by atoms with van der Waals surface area (Å²) in [6.07, 6.45) is 2.26. The third-order valence-electron chi connectivity index (χ3n) is 9.46. The van der Waals surface area contributed by atoms with Gasteiger partial charge in [0.2, 0.25) is 11.8 Å². The number of aromatic nitrogens is 2. The molecule has 1 aromatic carbocycles. The number of nitrogens with two attached hydrogens (primary N) is 1. The molecule has 42 heavy (non-hydrogen) atoms. The van der Waals surface area contributed by atoms with Gasteiger partial charge < -0.3 is 25.8 Å². The van der Waals surface area contributed by atoms with E-state index in [1.807, 2.05) is 4.90 Å². The second-order valence-corrected chi connectivity index (χ2v) is 12.2. The predicted octanol–water partition coefficient (Wildman–Crippen LogP) is 4.53. The van der Waals surface area contributed by atoms with E-state index in [1.165, 1.54) is 24.5 Å². The van der Waals surface area contributed by atoms with Gasteiger partial charge in [-0.2, -0.15) is 13.2 Å². The molecule has 12 heteroatoms. The molecule has 1 saturated carbocycles. The Morgan fingerprint density at radius 3 is 2.48 bits per heavy atom. The highest BCUT2D eigenvalue weighted by atomic mass is 19.4. The Balaban J connectivity index is 1.09. The highest BCUT2D eigenvalue weighted by Crippen LogP contribution is 2.53. The first kappa shape index (κ1) is 30.6. The third kappa shape index (κ3) is 6.55. The van der Waals surface area contributed by atoms with Crippen LogP contribution < -0.4 is 15.8 Å². The topological polar surface area (TPSA) is 114 Å². The van der Waals surface area contributed by atoms with Crippen molar-refractivity contribution < 1.29 is 32.2 Å². The molecule has 2 unspecified atom stereocenters. The molecule has 1 aromatic heterocycles. The largest absolute Gasteiger partial charge is 0.476 e. The molecule has 2 aromatic rings. The molecule has 0 spiro atoms. The van der Waals surface area contributed by atoms with Crippen LogP contribution in [-0.4, -0.2) is 70.4 Å². The summed E-state index contributed by atoms with van der Waals surface area (Å²) in [5, 5.41) is 13.8. The van der Waals surface area contributed by atoms with Gasteiger partial charge in [0.25, 0.3) is 0 Å². The van der Waals surface area contributed by atoms with E-state index < -0.39 is 35.0 Å². The van der Waals surface area contributed by atoms with Crippen LogP contribution in [0.5, 0.6) is 5.88 Å². The first-order valence-electron chi connectivity index (χ1n) is 14.8. The summed E-state index contributed by atoms with van der Waals surface area (Å²) in [7, 11) is 0. The number of aliphatic hydroxyl groups is 1. The van der Waals surface area contributed by atoms with Crippen molar-refractivity contribution in [3.05, 3.63) is 42.0 Å². The lowest BCUT2D eigenvalue weighted by molar-refractivity contribution is -0.256. The molecular weight excluding hydrogens is 554 g/mol. The number of alkyl halides is 3. The maximum Gasteiger partial charge on any atom is 0.395 e. The molecule has 3 fully saturated rings. The summed E-state index contributed by atoms with van der Waals surface area (Å²) in [4.78, 5) is 22.5. The van der Waals surface area contributed by atoms with Gasteiger partial charge in [0.1, 0.15) is 5.82 Å². The number of benzene rings is 1. The summed E-state index contributed by atoms with van der Waals surface area (Å²) < 4.78 is 61.3. The average molecular weight is 594 g/mol. The van der Waals surface area contributed by atoms with Crippen molar-refractivity contribution >= 4 is 5.91 Å². The number of hydrogen-bond donors (Lipinski definition) is 3. The predicted molar refractivity (Wildman–Crippen MR) is 148 cm³/mol. The average Bonchev–Trinajstić information content (AvgIpc) is 3.43. The second-order valence-electron chi connectivity index (χ2n) is 12.2. The van der Waals surface area contributed by atoms with Gasteiger partial charge >= 0.3 is 6.18 Å². The molecule has 5 rings (SSSR count). The number of hydrogen-bond acceptors (Lipinski definition) is 7.